The van der Waals surface area contributed by atoms with Crippen molar-refractivity contribution >= 4 is 0 Å². The van der Waals surface area contributed by atoms with Crippen LogP contribution in [0, 0.1) is 5.92 Å². The van der Waals surface area contributed by atoms with Crippen LogP contribution in [-0.4, -0.2) is 58.8 Å². The van der Waals surface area contributed by atoms with Crippen LogP contribution in [0.1, 0.15) is 24.4 Å². The normalized spacial score (nSPS) is 23.7. The third kappa shape index (κ3) is 3.55. The van der Waals surface area contributed by atoms with Crippen molar-refractivity contribution in [3.63, 3.8) is 0 Å². The van der Waals surface area contributed by atoms with Crippen LogP contribution >= 0.6 is 0 Å². The Hall–Kier alpha value is -0.910. The highest BCUT2D eigenvalue weighted by atomic mass is 15.3. The number of hydrogen-bond acceptors (Lipinski definition) is 4. The van der Waals surface area contributed by atoms with E-state index >= 15 is 0 Å². The molecule has 5 nitrogen and oxygen atoms in total. The maximum absolute atomic E-state index is 6.26. The largest absolute Gasteiger partial charge is 0.323 e. The Balaban J connectivity index is 1.43. The minimum Gasteiger partial charge on any atom is -0.323 e. The molecule has 2 N–H and O–H groups in total. The Morgan fingerprint density at radius 2 is 1.95 bits per heavy atom. The molecular formula is C14H25N5. The van der Waals surface area contributed by atoms with Crippen molar-refractivity contribution in [3.05, 3.63) is 18.0 Å². The predicted octanol–water partition coefficient (Wildman–Crippen LogP) is 0.448. The number of hydrogen-bond donors (Lipinski definition) is 1. The predicted molar refractivity (Wildman–Crippen MR) is 75.7 cm³/mol. The average Bonchev–Trinajstić information content (AvgIpc) is 3.11. The van der Waals surface area contributed by atoms with Gasteiger partial charge < -0.3 is 10.6 Å². The summed E-state index contributed by atoms with van der Waals surface area (Å²) in [6.45, 7) is 6.99. The monoisotopic (exact) mass is 263 g/mol. The van der Waals surface area contributed by atoms with Crippen molar-refractivity contribution in [1.82, 2.24) is 19.6 Å². The highest BCUT2D eigenvalue weighted by molar-refractivity contribution is 5.10. The van der Waals surface area contributed by atoms with E-state index in [1.807, 2.05) is 24.1 Å². The summed E-state index contributed by atoms with van der Waals surface area (Å²) in [6, 6.07) is 0.0867. The lowest BCUT2D eigenvalue weighted by molar-refractivity contribution is 0.123. The van der Waals surface area contributed by atoms with Crippen LogP contribution in [0.5, 0.6) is 0 Å². The first-order valence-corrected chi connectivity index (χ1v) is 7.39. The quantitative estimate of drug-likeness (QED) is 0.838. The van der Waals surface area contributed by atoms with Crippen molar-refractivity contribution in [3.8, 4) is 0 Å². The molecule has 1 aromatic rings. The molecule has 0 radical (unpaired) electrons. The molecule has 5 heteroatoms. The van der Waals surface area contributed by atoms with E-state index in [0.717, 1.165) is 31.1 Å². The molecule has 1 aliphatic heterocycles. The SMILES string of the molecule is Cn1cc(C(N)CN2CCN(CC3CC3)CC2)cn1. The third-order valence-electron chi connectivity index (χ3n) is 4.29. The van der Waals surface area contributed by atoms with Gasteiger partial charge in [-0.05, 0) is 18.8 Å². The van der Waals surface area contributed by atoms with Crippen LogP contribution in [-0.2, 0) is 7.05 Å². The standard InChI is InChI=1S/C14H25N5/c1-17-10-13(8-16-17)14(15)11-19-6-4-18(5-7-19)9-12-2-3-12/h8,10,12,14H,2-7,9,11,15H2,1H3. The van der Waals surface area contributed by atoms with Gasteiger partial charge in [-0.2, -0.15) is 5.10 Å². The maximum Gasteiger partial charge on any atom is 0.0537 e. The zero-order valence-electron chi connectivity index (χ0n) is 11.8. The van der Waals surface area contributed by atoms with E-state index in [2.05, 4.69) is 14.9 Å². The van der Waals surface area contributed by atoms with Crippen LogP contribution in [0.25, 0.3) is 0 Å². The Bertz CT molecular complexity index is 404. The van der Waals surface area contributed by atoms with E-state index in [9.17, 15) is 0 Å². The summed E-state index contributed by atoms with van der Waals surface area (Å²) in [5.41, 5.74) is 7.40. The lowest BCUT2D eigenvalue weighted by Crippen LogP contribution is -2.48. The molecule has 0 amide bonds. The summed E-state index contributed by atoms with van der Waals surface area (Å²) in [4.78, 5) is 5.10. The summed E-state index contributed by atoms with van der Waals surface area (Å²) in [5, 5.41) is 4.19. The van der Waals surface area contributed by atoms with Gasteiger partial charge in [-0.25, -0.2) is 0 Å². The van der Waals surface area contributed by atoms with E-state index in [1.165, 1.54) is 32.5 Å². The van der Waals surface area contributed by atoms with E-state index in [4.69, 9.17) is 5.73 Å². The van der Waals surface area contributed by atoms with Crippen LogP contribution in [0.3, 0.4) is 0 Å². The van der Waals surface area contributed by atoms with Crippen molar-refractivity contribution < 1.29 is 0 Å². The Morgan fingerprint density at radius 3 is 2.53 bits per heavy atom. The molecule has 2 heterocycles. The fraction of sp³-hybridized carbons (Fsp3) is 0.786. The zero-order valence-corrected chi connectivity index (χ0v) is 11.8. The smallest absolute Gasteiger partial charge is 0.0537 e. The highest BCUT2D eigenvalue weighted by Gasteiger charge is 2.26. The molecule has 1 unspecified atom stereocenters. The topological polar surface area (TPSA) is 50.3 Å². The van der Waals surface area contributed by atoms with Crippen molar-refractivity contribution in [1.29, 1.82) is 0 Å². The first kappa shape index (κ1) is 13.1. The summed E-state index contributed by atoms with van der Waals surface area (Å²) in [7, 11) is 1.94. The zero-order chi connectivity index (χ0) is 13.2. The molecule has 19 heavy (non-hydrogen) atoms. The van der Waals surface area contributed by atoms with Crippen molar-refractivity contribution in [2.24, 2.45) is 18.7 Å². The van der Waals surface area contributed by atoms with Crippen LogP contribution in [0.15, 0.2) is 12.4 Å². The fourth-order valence-electron chi connectivity index (χ4n) is 2.84. The van der Waals surface area contributed by atoms with Gasteiger partial charge in [0.1, 0.15) is 0 Å². The molecule has 0 aromatic carbocycles. The van der Waals surface area contributed by atoms with Crippen LogP contribution in [0.2, 0.25) is 0 Å². The Morgan fingerprint density at radius 1 is 1.26 bits per heavy atom. The number of aromatic nitrogens is 2. The average molecular weight is 263 g/mol. The minimum atomic E-state index is 0.0867. The van der Waals surface area contributed by atoms with Gasteiger partial charge in [-0.1, -0.05) is 0 Å². The number of rotatable bonds is 5. The molecule has 1 aliphatic carbocycles. The third-order valence-corrected chi connectivity index (χ3v) is 4.29. The van der Waals surface area contributed by atoms with Gasteiger partial charge in [0.25, 0.3) is 0 Å². The van der Waals surface area contributed by atoms with E-state index in [1.54, 1.807) is 0 Å². The van der Waals surface area contributed by atoms with Gasteiger partial charge in [-0.3, -0.25) is 9.58 Å². The first-order valence-electron chi connectivity index (χ1n) is 7.39. The van der Waals surface area contributed by atoms with Crippen LogP contribution < -0.4 is 5.73 Å². The van der Waals surface area contributed by atoms with Crippen LogP contribution in [0.4, 0.5) is 0 Å². The first-order chi connectivity index (χ1) is 9.20. The Kier molecular flexibility index (Phi) is 3.86. The molecule has 0 spiro atoms. The van der Waals surface area contributed by atoms with Gasteiger partial charge in [0.2, 0.25) is 0 Å². The number of piperazine rings is 1. The number of nitrogens with zero attached hydrogens (tertiary/aromatic N) is 4. The summed E-state index contributed by atoms with van der Waals surface area (Å²) in [5.74, 6) is 1.00. The Labute approximate surface area is 115 Å². The lowest BCUT2D eigenvalue weighted by atomic mass is 10.1. The molecule has 106 valence electrons. The second-order valence-electron chi connectivity index (χ2n) is 6.10. The molecule has 1 saturated carbocycles. The minimum absolute atomic E-state index is 0.0867. The van der Waals surface area contributed by atoms with E-state index in [-0.39, 0.29) is 6.04 Å². The fourth-order valence-corrected chi connectivity index (χ4v) is 2.84. The van der Waals surface area contributed by atoms with Gasteiger partial charge in [0.15, 0.2) is 0 Å². The molecular weight excluding hydrogens is 238 g/mol. The molecule has 1 aromatic heterocycles. The molecule has 1 saturated heterocycles. The number of nitrogens with two attached hydrogens (primary N) is 1. The summed E-state index contributed by atoms with van der Waals surface area (Å²) < 4.78 is 1.82. The van der Waals surface area contributed by atoms with Crippen molar-refractivity contribution in [2.75, 3.05) is 39.3 Å². The highest BCUT2D eigenvalue weighted by Crippen LogP contribution is 2.29. The molecule has 2 aliphatic rings. The van der Waals surface area contributed by atoms with Gasteiger partial charge in [0, 0.05) is 64.1 Å². The number of aryl methyl sites for hydroxylation is 1. The van der Waals surface area contributed by atoms with E-state index < -0.39 is 0 Å². The maximum atomic E-state index is 6.26. The summed E-state index contributed by atoms with van der Waals surface area (Å²) >= 11 is 0. The second kappa shape index (κ2) is 5.61. The molecule has 2 fully saturated rings. The van der Waals surface area contributed by atoms with Gasteiger partial charge in [0.05, 0.1) is 6.20 Å². The molecule has 1 atom stereocenters. The van der Waals surface area contributed by atoms with Gasteiger partial charge in [-0.15, -0.1) is 0 Å². The molecule has 0 bridgehead atoms. The van der Waals surface area contributed by atoms with E-state index in [0.29, 0.717) is 0 Å². The second-order valence-corrected chi connectivity index (χ2v) is 6.10. The molecule has 3 rings (SSSR count). The van der Waals surface area contributed by atoms with Gasteiger partial charge >= 0.3 is 0 Å². The van der Waals surface area contributed by atoms with Crippen molar-refractivity contribution in [2.45, 2.75) is 18.9 Å². The summed E-state index contributed by atoms with van der Waals surface area (Å²) in [6.07, 6.45) is 6.81. The lowest BCUT2D eigenvalue weighted by Gasteiger charge is -2.35.